The summed E-state index contributed by atoms with van der Waals surface area (Å²) in [6.07, 6.45) is 4.89. The van der Waals surface area contributed by atoms with Gasteiger partial charge in [0.15, 0.2) is 0 Å². The van der Waals surface area contributed by atoms with Crippen molar-refractivity contribution in [3.63, 3.8) is 0 Å². The second-order valence-electron chi connectivity index (χ2n) is 7.16. The van der Waals surface area contributed by atoms with Crippen LogP contribution in [-0.4, -0.2) is 53.6 Å². The second kappa shape index (κ2) is 8.05. The number of rotatable bonds is 4. The molecule has 1 fully saturated rings. The van der Waals surface area contributed by atoms with Gasteiger partial charge in [-0.3, -0.25) is 4.79 Å². The SMILES string of the molecule is CCCc1ccc(C(=O)N2CCc3cnc(N4CCOCC4)nc3C2)cc1. The zero-order valence-corrected chi connectivity index (χ0v) is 15.9. The minimum absolute atomic E-state index is 0.0789. The number of ether oxygens (including phenoxy) is 1. The Bertz CT molecular complexity index is 800. The molecule has 0 saturated carbocycles. The van der Waals surface area contributed by atoms with Crippen molar-refractivity contribution in [2.75, 3.05) is 37.7 Å². The molecule has 0 bridgehead atoms. The van der Waals surface area contributed by atoms with Gasteiger partial charge < -0.3 is 14.5 Å². The molecule has 2 aliphatic rings. The molecule has 2 aliphatic heterocycles. The van der Waals surface area contributed by atoms with Gasteiger partial charge in [-0.05, 0) is 36.1 Å². The second-order valence-corrected chi connectivity index (χ2v) is 7.16. The van der Waals surface area contributed by atoms with Gasteiger partial charge in [-0.25, -0.2) is 9.97 Å². The molecule has 27 heavy (non-hydrogen) atoms. The number of morpholine rings is 1. The van der Waals surface area contributed by atoms with Gasteiger partial charge >= 0.3 is 0 Å². The molecule has 0 atom stereocenters. The average Bonchev–Trinajstić information content (AvgIpc) is 2.74. The minimum atomic E-state index is 0.0789. The van der Waals surface area contributed by atoms with Crippen LogP contribution in [0.5, 0.6) is 0 Å². The first kappa shape index (κ1) is 17.9. The van der Waals surface area contributed by atoms with E-state index in [1.165, 1.54) is 5.56 Å². The summed E-state index contributed by atoms with van der Waals surface area (Å²) in [5.41, 5.74) is 4.14. The number of carbonyl (C=O) groups is 1. The molecule has 0 radical (unpaired) electrons. The van der Waals surface area contributed by atoms with E-state index in [1.54, 1.807) is 0 Å². The molecule has 6 nitrogen and oxygen atoms in total. The maximum absolute atomic E-state index is 12.9. The van der Waals surface area contributed by atoms with Gasteiger partial charge in [0, 0.05) is 31.4 Å². The van der Waals surface area contributed by atoms with Crippen molar-refractivity contribution < 1.29 is 9.53 Å². The number of aryl methyl sites for hydroxylation is 1. The van der Waals surface area contributed by atoms with Gasteiger partial charge in [0.05, 0.1) is 25.5 Å². The highest BCUT2D eigenvalue weighted by molar-refractivity contribution is 5.94. The quantitative estimate of drug-likeness (QED) is 0.832. The number of aromatic nitrogens is 2. The first-order chi connectivity index (χ1) is 13.2. The van der Waals surface area contributed by atoms with Gasteiger partial charge in [-0.1, -0.05) is 25.5 Å². The topological polar surface area (TPSA) is 58.6 Å². The number of benzene rings is 1. The average molecular weight is 366 g/mol. The van der Waals surface area contributed by atoms with E-state index in [1.807, 2.05) is 23.2 Å². The van der Waals surface area contributed by atoms with E-state index in [2.05, 4.69) is 28.9 Å². The van der Waals surface area contributed by atoms with Crippen molar-refractivity contribution in [1.82, 2.24) is 14.9 Å². The van der Waals surface area contributed by atoms with Gasteiger partial charge in [-0.2, -0.15) is 0 Å². The third-order valence-electron chi connectivity index (χ3n) is 5.25. The van der Waals surface area contributed by atoms with E-state index < -0.39 is 0 Å². The fourth-order valence-corrected chi connectivity index (χ4v) is 3.67. The molecule has 0 aliphatic carbocycles. The summed E-state index contributed by atoms with van der Waals surface area (Å²) in [6.45, 7) is 6.46. The maximum Gasteiger partial charge on any atom is 0.254 e. The Labute approximate surface area is 160 Å². The summed E-state index contributed by atoms with van der Waals surface area (Å²) in [5, 5.41) is 0. The fraction of sp³-hybridized carbons (Fsp3) is 0.476. The van der Waals surface area contributed by atoms with Crippen molar-refractivity contribution in [2.24, 2.45) is 0 Å². The summed E-state index contributed by atoms with van der Waals surface area (Å²) in [7, 11) is 0. The molecule has 3 heterocycles. The summed E-state index contributed by atoms with van der Waals surface area (Å²) < 4.78 is 5.40. The van der Waals surface area contributed by atoms with E-state index in [9.17, 15) is 4.79 Å². The lowest BCUT2D eigenvalue weighted by atomic mass is 10.0. The summed E-state index contributed by atoms with van der Waals surface area (Å²) >= 11 is 0. The molecule has 1 aromatic carbocycles. The molecular formula is C21H26N4O2. The van der Waals surface area contributed by atoms with Crippen molar-refractivity contribution in [3.8, 4) is 0 Å². The minimum Gasteiger partial charge on any atom is -0.378 e. The largest absolute Gasteiger partial charge is 0.378 e. The van der Waals surface area contributed by atoms with Crippen LogP contribution in [0.3, 0.4) is 0 Å². The number of fused-ring (bicyclic) bond motifs is 1. The fourth-order valence-electron chi connectivity index (χ4n) is 3.67. The molecule has 1 aromatic heterocycles. The lowest BCUT2D eigenvalue weighted by Gasteiger charge is -2.30. The number of hydrogen-bond donors (Lipinski definition) is 0. The molecule has 0 unspecified atom stereocenters. The van der Waals surface area contributed by atoms with Crippen LogP contribution in [0.25, 0.3) is 0 Å². The predicted octanol–water partition coefficient (Wildman–Crippen LogP) is 2.46. The van der Waals surface area contributed by atoms with Gasteiger partial charge in [-0.15, -0.1) is 0 Å². The predicted molar refractivity (Wildman–Crippen MR) is 104 cm³/mol. The van der Waals surface area contributed by atoms with Crippen LogP contribution in [0.1, 0.15) is 40.5 Å². The number of anilines is 1. The van der Waals surface area contributed by atoms with E-state index in [-0.39, 0.29) is 5.91 Å². The highest BCUT2D eigenvalue weighted by Crippen LogP contribution is 2.21. The zero-order chi connectivity index (χ0) is 18.6. The van der Waals surface area contributed by atoms with Gasteiger partial charge in [0.25, 0.3) is 5.91 Å². The molecule has 0 N–H and O–H groups in total. The Morgan fingerprint density at radius 3 is 2.67 bits per heavy atom. The van der Waals surface area contributed by atoms with Crippen LogP contribution < -0.4 is 4.90 Å². The summed E-state index contributed by atoms with van der Waals surface area (Å²) in [4.78, 5) is 26.3. The van der Waals surface area contributed by atoms with Crippen molar-refractivity contribution >= 4 is 11.9 Å². The van der Waals surface area contributed by atoms with Gasteiger partial charge in [0.2, 0.25) is 5.95 Å². The number of nitrogens with zero attached hydrogens (tertiary/aromatic N) is 4. The molecule has 4 rings (SSSR count). The van der Waals surface area contributed by atoms with Crippen LogP contribution in [0.2, 0.25) is 0 Å². The summed E-state index contributed by atoms with van der Waals surface area (Å²) in [6, 6.07) is 8.02. The zero-order valence-electron chi connectivity index (χ0n) is 15.9. The molecule has 1 amide bonds. The maximum atomic E-state index is 12.9. The van der Waals surface area contributed by atoms with Crippen LogP contribution in [0.4, 0.5) is 5.95 Å². The number of hydrogen-bond acceptors (Lipinski definition) is 5. The molecule has 142 valence electrons. The molecule has 0 spiro atoms. The van der Waals surface area contributed by atoms with Crippen LogP contribution in [0.15, 0.2) is 30.5 Å². The Morgan fingerprint density at radius 1 is 1.15 bits per heavy atom. The van der Waals surface area contributed by atoms with Crippen molar-refractivity contribution in [1.29, 1.82) is 0 Å². The molecule has 6 heteroatoms. The Morgan fingerprint density at radius 2 is 1.93 bits per heavy atom. The smallest absolute Gasteiger partial charge is 0.254 e. The third kappa shape index (κ3) is 3.95. The van der Waals surface area contributed by atoms with E-state index in [0.29, 0.717) is 26.3 Å². The molecule has 2 aromatic rings. The molecule has 1 saturated heterocycles. The highest BCUT2D eigenvalue weighted by Gasteiger charge is 2.24. The monoisotopic (exact) mass is 366 g/mol. The number of carbonyl (C=O) groups excluding carboxylic acids is 1. The Hall–Kier alpha value is -2.47. The normalized spacial score (nSPS) is 16.9. The van der Waals surface area contributed by atoms with Crippen LogP contribution in [-0.2, 0) is 24.1 Å². The lowest BCUT2D eigenvalue weighted by Crippen LogP contribution is -2.39. The third-order valence-corrected chi connectivity index (χ3v) is 5.25. The van der Waals surface area contributed by atoms with Crippen molar-refractivity contribution in [2.45, 2.75) is 32.7 Å². The number of amides is 1. The van der Waals surface area contributed by atoms with Crippen molar-refractivity contribution in [3.05, 3.63) is 52.8 Å². The van der Waals surface area contributed by atoms with Crippen LogP contribution >= 0.6 is 0 Å². The first-order valence-corrected chi connectivity index (χ1v) is 9.80. The standard InChI is InChI=1S/C21H26N4O2/c1-2-3-16-4-6-17(7-5-16)20(26)25-9-8-18-14-22-21(23-19(18)15-25)24-10-12-27-13-11-24/h4-7,14H,2-3,8-13,15H2,1H3. The Kier molecular flexibility index (Phi) is 5.34. The lowest BCUT2D eigenvalue weighted by molar-refractivity contribution is 0.0731. The Balaban J connectivity index is 1.48. The van der Waals surface area contributed by atoms with Gasteiger partial charge in [0.1, 0.15) is 0 Å². The first-order valence-electron chi connectivity index (χ1n) is 9.80. The van der Waals surface area contributed by atoms with Crippen LogP contribution in [0, 0.1) is 0 Å². The van der Waals surface area contributed by atoms with E-state index in [4.69, 9.17) is 9.72 Å². The summed E-state index contributed by atoms with van der Waals surface area (Å²) in [5.74, 6) is 0.825. The molecular weight excluding hydrogens is 340 g/mol. The van der Waals surface area contributed by atoms with E-state index in [0.717, 1.165) is 55.1 Å². The van der Waals surface area contributed by atoms with E-state index >= 15 is 0 Å². The highest BCUT2D eigenvalue weighted by atomic mass is 16.5.